The van der Waals surface area contributed by atoms with Gasteiger partial charge >= 0.3 is 12.3 Å². The van der Waals surface area contributed by atoms with Gasteiger partial charge in [-0.05, 0) is 17.7 Å². The van der Waals surface area contributed by atoms with Crippen molar-refractivity contribution in [2.75, 3.05) is 13.6 Å². The summed E-state index contributed by atoms with van der Waals surface area (Å²) in [4.78, 5) is 12.8. The van der Waals surface area contributed by atoms with Crippen LogP contribution in [0.5, 0.6) is 0 Å². The third-order valence-corrected chi connectivity index (χ3v) is 3.43. The summed E-state index contributed by atoms with van der Waals surface area (Å²) in [5.74, 6) is 0. The predicted molar refractivity (Wildman–Crippen MR) is 66.0 cm³/mol. The molecular weight excluding hydrogens is 273 g/mol. The van der Waals surface area contributed by atoms with Gasteiger partial charge in [-0.3, -0.25) is 0 Å². The second-order valence-electron chi connectivity index (χ2n) is 4.73. The molecule has 4 nitrogen and oxygen atoms in total. The molecule has 1 aromatic rings. The number of rotatable bonds is 3. The molecule has 0 radical (unpaired) electrons. The standard InChI is InChI=1S/C13H15F3N2O2/c1-18-10(7-17)11(20-12(18)19)6-8-2-4-9(5-3-8)13(14,15)16/h2-5,10-11H,6-7,17H2,1H3. The largest absolute Gasteiger partial charge is 0.443 e. The third-order valence-electron chi connectivity index (χ3n) is 3.43. The van der Waals surface area contributed by atoms with E-state index in [9.17, 15) is 18.0 Å². The second kappa shape index (κ2) is 5.32. The molecule has 1 amide bonds. The Morgan fingerprint density at radius 3 is 2.40 bits per heavy atom. The summed E-state index contributed by atoms with van der Waals surface area (Å²) in [6, 6.07) is 4.57. The summed E-state index contributed by atoms with van der Waals surface area (Å²) < 4.78 is 42.5. The number of amides is 1. The summed E-state index contributed by atoms with van der Waals surface area (Å²) in [7, 11) is 1.59. The lowest BCUT2D eigenvalue weighted by atomic mass is 10.0. The first-order valence-electron chi connectivity index (χ1n) is 6.12. The molecule has 0 saturated carbocycles. The molecular formula is C13H15F3N2O2. The normalized spacial score (nSPS) is 23.1. The maximum atomic E-state index is 12.5. The van der Waals surface area contributed by atoms with Crippen molar-refractivity contribution < 1.29 is 22.7 Å². The minimum Gasteiger partial charge on any atom is -0.443 e. The molecule has 1 aromatic carbocycles. The number of hydrogen-bond acceptors (Lipinski definition) is 3. The van der Waals surface area contributed by atoms with Crippen molar-refractivity contribution in [1.29, 1.82) is 0 Å². The first-order valence-corrected chi connectivity index (χ1v) is 6.12. The van der Waals surface area contributed by atoms with Gasteiger partial charge in [0.1, 0.15) is 6.10 Å². The van der Waals surface area contributed by atoms with Gasteiger partial charge in [0.05, 0.1) is 11.6 Å². The zero-order valence-electron chi connectivity index (χ0n) is 10.9. The molecule has 2 rings (SSSR count). The molecule has 110 valence electrons. The lowest BCUT2D eigenvalue weighted by Crippen LogP contribution is -2.40. The van der Waals surface area contributed by atoms with E-state index >= 15 is 0 Å². The van der Waals surface area contributed by atoms with Crippen LogP contribution < -0.4 is 5.73 Å². The molecule has 0 aliphatic carbocycles. The number of nitrogens with two attached hydrogens (primary N) is 1. The summed E-state index contributed by atoms with van der Waals surface area (Å²) in [6.07, 6.45) is -4.90. The summed E-state index contributed by atoms with van der Waals surface area (Å²) in [5.41, 5.74) is 5.56. The van der Waals surface area contributed by atoms with E-state index in [0.29, 0.717) is 12.0 Å². The fourth-order valence-electron chi connectivity index (χ4n) is 2.23. The lowest BCUT2D eigenvalue weighted by Gasteiger charge is -2.19. The molecule has 1 aliphatic rings. The molecule has 0 spiro atoms. The summed E-state index contributed by atoms with van der Waals surface area (Å²) in [6.45, 7) is 0.244. The van der Waals surface area contributed by atoms with Crippen molar-refractivity contribution >= 4 is 6.09 Å². The van der Waals surface area contributed by atoms with Crippen LogP contribution in [0.15, 0.2) is 24.3 Å². The Kier molecular flexibility index (Phi) is 3.89. The third kappa shape index (κ3) is 2.87. The van der Waals surface area contributed by atoms with Crippen LogP contribution in [0, 0.1) is 0 Å². The number of carbonyl (C=O) groups excluding carboxylic acids is 1. The van der Waals surface area contributed by atoms with Crippen molar-refractivity contribution in [3.63, 3.8) is 0 Å². The van der Waals surface area contributed by atoms with Gasteiger partial charge in [-0.2, -0.15) is 13.2 Å². The van der Waals surface area contributed by atoms with Crippen LogP contribution in [0.2, 0.25) is 0 Å². The van der Waals surface area contributed by atoms with E-state index in [-0.39, 0.29) is 12.6 Å². The van der Waals surface area contributed by atoms with E-state index in [1.807, 2.05) is 0 Å². The average Bonchev–Trinajstić information content (AvgIpc) is 2.64. The summed E-state index contributed by atoms with van der Waals surface area (Å²) in [5, 5.41) is 0. The van der Waals surface area contributed by atoms with Crippen LogP contribution in [0.4, 0.5) is 18.0 Å². The fraction of sp³-hybridized carbons (Fsp3) is 0.462. The number of carbonyl (C=O) groups is 1. The van der Waals surface area contributed by atoms with Crippen molar-refractivity contribution in [2.24, 2.45) is 5.73 Å². The average molecular weight is 288 g/mol. The van der Waals surface area contributed by atoms with Gasteiger partial charge < -0.3 is 15.4 Å². The van der Waals surface area contributed by atoms with Crippen LogP contribution in [-0.2, 0) is 17.3 Å². The molecule has 1 heterocycles. The van der Waals surface area contributed by atoms with Gasteiger partial charge in [0, 0.05) is 20.0 Å². The molecule has 0 aromatic heterocycles. The van der Waals surface area contributed by atoms with Gasteiger partial charge in [0.2, 0.25) is 0 Å². The fourth-order valence-corrected chi connectivity index (χ4v) is 2.23. The van der Waals surface area contributed by atoms with Gasteiger partial charge in [-0.15, -0.1) is 0 Å². The monoisotopic (exact) mass is 288 g/mol. The zero-order valence-corrected chi connectivity index (χ0v) is 10.9. The molecule has 20 heavy (non-hydrogen) atoms. The Balaban J connectivity index is 2.09. The van der Waals surface area contributed by atoms with Gasteiger partial charge in [-0.1, -0.05) is 12.1 Å². The molecule has 1 aliphatic heterocycles. The number of hydrogen-bond donors (Lipinski definition) is 1. The van der Waals surface area contributed by atoms with Gasteiger partial charge in [0.25, 0.3) is 0 Å². The molecule has 7 heteroatoms. The SMILES string of the molecule is CN1C(=O)OC(Cc2ccc(C(F)(F)F)cc2)C1CN. The van der Waals surface area contributed by atoms with Gasteiger partial charge in [0.15, 0.2) is 0 Å². The van der Waals surface area contributed by atoms with E-state index < -0.39 is 23.9 Å². The Morgan fingerprint density at radius 1 is 1.30 bits per heavy atom. The highest BCUT2D eigenvalue weighted by molar-refractivity contribution is 5.70. The number of halogens is 3. The second-order valence-corrected chi connectivity index (χ2v) is 4.73. The number of alkyl halides is 3. The number of benzene rings is 1. The Labute approximate surface area is 114 Å². The highest BCUT2D eigenvalue weighted by Gasteiger charge is 2.38. The van der Waals surface area contributed by atoms with E-state index in [4.69, 9.17) is 10.5 Å². The number of ether oxygens (including phenoxy) is 1. The van der Waals surface area contributed by atoms with Crippen LogP contribution in [-0.4, -0.2) is 36.7 Å². The topological polar surface area (TPSA) is 55.6 Å². The van der Waals surface area contributed by atoms with Crippen molar-refractivity contribution in [2.45, 2.75) is 24.7 Å². The molecule has 2 N–H and O–H groups in total. The van der Waals surface area contributed by atoms with Crippen LogP contribution >= 0.6 is 0 Å². The molecule has 2 atom stereocenters. The number of nitrogens with zero attached hydrogens (tertiary/aromatic N) is 1. The van der Waals surface area contributed by atoms with E-state index in [0.717, 1.165) is 12.1 Å². The maximum absolute atomic E-state index is 12.5. The summed E-state index contributed by atoms with van der Waals surface area (Å²) >= 11 is 0. The van der Waals surface area contributed by atoms with Crippen LogP contribution in [0.25, 0.3) is 0 Å². The van der Waals surface area contributed by atoms with E-state index in [1.165, 1.54) is 17.0 Å². The molecule has 2 unspecified atom stereocenters. The first kappa shape index (κ1) is 14.6. The first-order chi connectivity index (χ1) is 9.32. The maximum Gasteiger partial charge on any atom is 0.416 e. The van der Waals surface area contributed by atoms with Crippen molar-refractivity contribution in [1.82, 2.24) is 4.90 Å². The Hall–Kier alpha value is -1.76. The number of likely N-dealkylation sites (N-methyl/N-ethyl adjacent to an activating group) is 1. The highest BCUT2D eigenvalue weighted by Crippen LogP contribution is 2.29. The minimum absolute atomic E-state index is 0.244. The van der Waals surface area contributed by atoms with Crippen molar-refractivity contribution in [3.05, 3.63) is 35.4 Å². The van der Waals surface area contributed by atoms with E-state index in [2.05, 4.69) is 0 Å². The zero-order chi connectivity index (χ0) is 14.9. The van der Waals surface area contributed by atoms with Gasteiger partial charge in [-0.25, -0.2) is 4.79 Å². The quantitative estimate of drug-likeness (QED) is 0.926. The minimum atomic E-state index is -4.35. The molecule has 1 saturated heterocycles. The van der Waals surface area contributed by atoms with Crippen molar-refractivity contribution in [3.8, 4) is 0 Å². The van der Waals surface area contributed by atoms with Crippen LogP contribution in [0.1, 0.15) is 11.1 Å². The molecule has 0 bridgehead atoms. The highest BCUT2D eigenvalue weighted by atomic mass is 19.4. The van der Waals surface area contributed by atoms with Crippen LogP contribution in [0.3, 0.4) is 0 Å². The smallest absolute Gasteiger partial charge is 0.416 e. The van der Waals surface area contributed by atoms with E-state index in [1.54, 1.807) is 7.05 Å². The lowest BCUT2D eigenvalue weighted by molar-refractivity contribution is -0.137. The predicted octanol–water partition coefficient (Wildman–Crippen LogP) is 2.03. The Bertz CT molecular complexity index is 487. The number of cyclic esters (lactones) is 1. The Morgan fingerprint density at radius 2 is 1.90 bits per heavy atom. The molecule has 1 fully saturated rings.